The maximum absolute atomic E-state index is 12.4. The van der Waals surface area contributed by atoms with Crippen LogP contribution in [0.1, 0.15) is 26.3 Å². The first-order valence-electron chi connectivity index (χ1n) is 8.46. The molecule has 0 saturated heterocycles. The van der Waals surface area contributed by atoms with Crippen molar-refractivity contribution in [2.75, 3.05) is 11.9 Å². The summed E-state index contributed by atoms with van der Waals surface area (Å²) >= 11 is 3.22. The van der Waals surface area contributed by atoms with Crippen molar-refractivity contribution in [3.05, 3.63) is 63.6 Å². The molecule has 3 rings (SSSR count). The normalized spacial score (nSPS) is 13.3. The van der Waals surface area contributed by atoms with Crippen LogP contribution in [0.2, 0.25) is 0 Å². The van der Waals surface area contributed by atoms with Gasteiger partial charge in [0, 0.05) is 16.7 Å². The molecule has 30 heavy (non-hydrogen) atoms. The summed E-state index contributed by atoms with van der Waals surface area (Å²) in [6, 6.07) is 10.4. The van der Waals surface area contributed by atoms with E-state index in [2.05, 4.69) is 21.2 Å². The second-order valence-corrected chi connectivity index (χ2v) is 7.23. The van der Waals surface area contributed by atoms with Crippen LogP contribution in [0.5, 0.6) is 0 Å². The van der Waals surface area contributed by atoms with Gasteiger partial charge in [0.15, 0.2) is 0 Å². The first-order chi connectivity index (χ1) is 14.1. The number of hydrogen-bond acceptors (Lipinski definition) is 4. The first-order valence-corrected chi connectivity index (χ1v) is 9.25. The first kappa shape index (κ1) is 21.5. The highest BCUT2D eigenvalue weighted by Crippen LogP contribution is 2.26. The number of fused-ring (bicyclic) bond motifs is 1. The highest BCUT2D eigenvalue weighted by Gasteiger charge is 2.38. The summed E-state index contributed by atoms with van der Waals surface area (Å²) in [6.07, 6.45) is -4.99. The number of rotatable bonds is 5. The molecule has 11 heteroatoms. The van der Waals surface area contributed by atoms with Gasteiger partial charge < -0.3 is 10.6 Å². The van der Waals surface area contributed by atoms with Crippen molar-refractivity contribution in [3.8, 4) is 0 Å². The van der Waals surface area contributed by atoms with E-state index in [1.54, 1.807) is 11.4 Å². The third-order valence-corrected chi connectivity index (χ3v) is 4.65. The average Bonchev–Trinajstić information content (AvgIpc) is 2.90. The number of halogens is 4. The Morgan fingerprint density at radius 3 is 2.40 bits per heavy atom. The van der Waals surface area contributed by atoms with E-state index in [-0.39, 0.29) is 16.8 Å². The Morgan fingerprint density at radius 1 is 1.00 bits per heavy atom. The van der Waals surface area contributed by atoms with Gasteiger partial charge in [-0.15, -0.1) is 0 Å². The molecule has 1 heterocycles. The fourth-order valence-corrected chi connectivity index (χ4v) is 3.15. The van der Waals surface area contributed by atoms with Gasteiger partial charge in [-0.25, -0.2) is 0 Å². The number of carbonyl (C=O) groups is 4. The lowest BCUT2D eigenvalue weighted by Crippen LogP contribution is -2.37. The van der Waals surface area contributed by atoms with E-state index in [0.29, 0.717) is 10.0 Å². The van der Waals surface area contributed by atoms with Gasteiger partial charge in [-0.05, 0) is 35.9 Å². The van der Waals surface area contributed by atoms with Gasteiger partial charge in [0.25, 0.3) is 11.8 Å². The van der Waals surface area contributed by atoms with Crippen LogP contribution >= 0.6 is 15.9 Å². The van der Waals surface area contributed by atoms with Gasteiger partial charge >= 0.3 is 12.1 Å². The van der Waals surface area contributed by atoms with Gasteiger partial charge in [0.1, 0.15) is 6.54 Å². The maximum Gasteiger partial charge on any atom is 0.471 e. The zero-order valence-corrected chi connectivity index (χ0v) is 16.6. The minimum absolute atomic E-state index is 0.185. The third-order valence-electron chi connectivity index (χ3n) is 4.16. The van der Waals surface area contributed by atoms with E-state index in [4.69, 9.17) is 0 Å². The highest BCUT2D eigenvalue weighted by molar-refractivity contribution is 9.10. The molecule has 0 atom stereocenters. The molecule has 0 saturated carbocycles. The Labute approximate surface area is 176 Å². The van der Waals surface area contributed by atoms with Crippen LogP contribution in [0.4, 0.5) is 18.9 Å². The standard InChI is InChI=1S/C19H13BrF3N3O4/c20-11-4-5-13-14(7-11)17(29)26(16(13)28)9-15(27)25-12-3-1-2-10(6-12)8-24-18(30)19(21,22)23/h1-7H,8-9H2,(H,24,30)(H,25,27). The molecule has 0 aromatic heterocycles. The van der Waals surface area contributed by atoms with Crippen molar-refractivity contribution in [1.29, 1.82) is 0 Å². The van der Waals surface area contributed by atoms with Crippen LogP contribution in [0.15, 0.2) is 46.9 Å². The molecular formula is C19H13BrF3N3O4. The lowest BCUT2D eigenvalue weighted by Gasteiger charge is -2.14. The summed E-state index contributed by atoms with van der Waals surface area (Å²) in [6.45, 7) is -0.922. The topological polar surface area (TPSA) is 95.6 Å². The molecule has 0 radical (unpaired) electrons. The zero-order chi connectivity index (χ0) is 22.1. The molecular weight excluding hydrogens is 471 g/mol. The minimum atomic E-state index is -4.99. The number of amides is 4. The van der Waals surface area contributed by atoms with Gasteiger partial charge in [-0.1, -0.05) is 28.1 Å². The summed E-state index contributed by atoms with van der Waals surface area (Å²) in [5.41, 5.74) is 0.928. The van der Waals surface area contributed by atoms with Crippen molar-refractivity contribution in [2.45, 2.75) is 12.7 Å². The van der Waals surface area contributed by atoms with Crippen LogP contribution in [0.25, 0.3) is 0 Å². The quantitative estimate of drug-likeness (QED) is 0.639. The van der Waals surface area contributed by atoms with E-state index >= 15 is 0 Å². The Hall–Kier alpha value is -3.21. The van der Waals surface area contributed by atoms with Gasteiger partial charge in [0.2, 0.25) is 5.91 Å². The van der Waals surface area contributed by atoms with Gasteiger partial charge in [-0.3, -0.25) is 24.1 Å². The largest absolute Gasteiger partial charge is 0.471 e. The Morgan fingerprint density at radius 2 is 1.70 bits per heavy atom. The van der Waals surface area contributed by atoms with Crippen LogP contribution in [-0.2, 0) is 16.1 Å². The van der Waals surface area contributed by atoms with Crippen molar-refractivity contribution < 1.29 is 32.3 Å². The fraction of sp³-hybridized carbons (Fsp3) is 0.158. The molecule has 0 fully saturated rings. The average molecular weight is 484 g/mol. The molecule has 1 aliphatic rings. The molecule has 2 aromatic carbocycles. The van der Waals surface area contributed by atoms with Crippen molar-refractivity contribution in [2.24, 2.45) is 0 Å². The molecule has 0 aliphatic carbocycles. The number of nitrogens with one attached hydrogen (secondary N) is 2. The highest BCUT2D eigenvalue weighted by atomic mass is 79.9. The second-order valence-electron chi connectivity index (χ2n) is 6.32. The number of hydrogen-bond donors (Lipinski definition) is 2. The van der Waals surface area contributed by atoms with E-state index in [1.165, 1.54) is 36.4 Å². The Balaban J connectivity index is 1.63. The summed E-state index contributed by atoms with van der Waals surface area (Å²) in [5, 5.41) is 4.20. The van der Waals surface area contributed by atoms with E-state index in [9.17, 15) is 32.3 Å². The summed E-state index contributed by atoms with van der Waals surface area (Å²) in [5.74, 6) is -3.94. The third kappa shape index (κ3) is 4.67. The predicted octanol–water partition coefficient (Wildman–Crippen LogP) is 2.86. The van der Waals surface area contributed by atoms with Gasteiger partial charge in [-0.2, -0.15) is 13.2 Å². The molecule has 156 valence electrons. The van der Waals surface area contributed by atoms with Crippen LogP contribution in [0.3, 0.4) is 0 Å². The van der Waals surface area contributed by atoms with Crippen LogP contribution in [-0.4, -0.2) is 41.2 Å². The fourth-order valence-electron chi connectivity index (χ4n) is 2.79. The number of benzene rings is 2. The summed E-state index contributed by atoms with van der Waals surface area (Å²) in [4.78, 5) is 48.8. The number of anilines is 1. The number of imide groups is 1. The number of nitrogens with zero attached hydrogens (tertiary/aromatic N) is 1. The molecule has 2 N–H and O–H groups in total. The monoisotopic (exact) mass is 483 g/mol. The van der Waals surface area contributed by atoms with Crippen molar-refractivity contribution in [3.63, 3.8) is 0 Å². The Bertz CT molecular complexity index is 1060. The SMILES string of the molecule is O=C(CN1C(=O)c2ccc(Br)cc2C1=O)Nc1cccc(CNC(=O)C(F)(F)F)c1. The molecule has 0 spiro atoms. The van der Waals surface area contributed by atoms with E-state index < -0.39 is 42.9 Å². The lowest BCUT2D eigenvalue weighted by molar-refractivity contribution is -0.173. The molecule has 4 amide bonds. The molecule has 7 nitrogen and oxygen atoms in total. The lowest BCUT2D eigenvalue weighted by atomic mass is 10.1. The van der Waals surface area contributed by atoms with Crippen molar-refractivity contribution >= 4 is 45.2 Å². The number of alkyl halides is 3. The smallest absolute Gasteiger partial charge is 0.344 e. The van der Waals surface area contributed by atoms with Gasteiger partial charge in [0.05, 0.1) is 11.1 Å². The molecule has 0 bridgehead atoms. The summed E-state index contributed by atoms with van der Waals surface area (Å²) < 4.78 is 37.4. The maximum atomic E-state index is 12.4. The zero-order valence-electron chi connectivity index (χ0n) is 15.0. The number of carbonyl (C=O) groups excluding carboxylic acids is 4. The van der Waals surface area contributed by atoms with Crippen LogP contribution < -0.4 is 10.6 Å². The molecule has 0 unspecified atom stereocenters. The van der Waals surface area contributed by atoms with Crippen molar-refractivity contribution in [1.82, 2.24) is 10.2 Å². The second kappa shape index (κ2) is 8.27. The Kier molecular flexibility index (Phi) is 5.92. The predicted molar refractivity (Wildman–Crippen MR) is 102 cm³/mol. The van der Waals surface area contributed by atoms with E-state index in [0.717, 1.165) is 4.90 Å². The molecule has 2 aromatic rings. The molecule has 1 aliphatic heterocycles. The minimum Gasteiger partial charge on any atom is -0.344 e. The summed E-state index contributed by atoms with van der Waals surface area (Å²) in [7, 11) is 0. The van der Waals surface area contributed by atoms with Crippen LogP contribution in [0, 0.1) is 0 Å². The van der Waals surface area contributed by atoms with E-state index in [1.807, 2.05) is 0 Å².